The van der Waals surface area contributed by atoms with Crippen LogP contribution in [0.4, 0.5) is 11.4 Å². The van der Waals surface area contributed by atoms with Gasteiger partial charge in [-0.1, -0.05) is 64.1 Å². The monoisotopic (exact) mass is 393 g/mol. The molecule has 2 atom stereocenters. The predicted molar refractivity (Wildman–Crippen MR) is 118 cm³/mol. The zero-order valence-corrected chi connectivity index (χ0v) is 17.9. The maximum atomic E-state index is 13.2. The van der Waals surface area contributed by atoms with Crippen molar-refractivity contribution in [1.29, 1.82) is 0 Å². The summed E-state index contributed by atoms with van der Waals surface area (Å²) in [5, 5.41) is 6.33. The summed E-state index contributed by atoms with van der Waals surface area (Å²) in [5.74, 6) is 0.526. The fourth-order valence-corrected chi connectivity index (χ4v) is 3.77. The lowest BCUT2D eigenvalue weighted by atomic mass is 9.92. The Bertz CT molecular complexity index is 874. The molecule has 1 heterocycles. The fraction of sp³-hybridized carbons (Fsp3) is 0.417. The van der Waals surface area contributed by atoms with E-state index < -0.39 is 6.04 Å². The van der Waals surface area contributed by atoms with Crippen molar-refractivity contribution >= 4 is 23.2 Å². The molecule has 0 unspecified atom stereocenters. The van der Waals surface area contributed by atoms with Gasteiger partial charge in [-0.05, 0) is 42.0 Å². The van der Waals surface area contributed by atoms with Gasteiger partial charge in [-0.15, -0.1) is 0 Å². The first-order valence-electron chi connectivity index (χ1n) is 10.3. The molecular weight excluding hydrogens is 362 g/mol. The van der Waals surface area contributed by atoms with Gasteiger partial charge in [-0.25, -0.2) is 0 Å². The van der Waals surface area contributed by atoms with Crippen LogP contribution in [0.2, 0.25) is 0 Å². The molecule has 0 aliphatic carbocycles. The van der Waals surface area contributed by atoms with Gasteiger partial charge in [0.25, 0.3) is 0 Å². The van der Waals surface area contributed by atoms with Crippen LogP contribution in [-0.4, -0.2) is 24.4 Å². The normalized spacial score (nSPS) is 15.8. The van der Waals surface area contributed by atoms with Gasteiger partial charge in [-0.2, -0.15) is 0 Å². The second-order valence-corrected chi connectivity index (χ2v) is 8.42. The molecule has 0 saturated carbocycles. The Balaban J connectivity index is 1.79. The number of carbonyl (C=O) groups excluding carboxylic acids is 2. The molecule has 1 aliphatic rings. The van der Waals surface area contributed by atoms with Gasteiger partial charge in [0.15, 0.2) is 0 Å². The van der Waals surface area contributed by atoms with Crippen molar-refractivity contribution in [2.75, 3.05) is 16.8 Å². The minimum atomic E-state index is -0.425. The summed E-state index contributed by atoms with van der Waals surface area (Å²) in [6, 6.07) is 15.6. The van der Waals surface area contributed by atoms with E-state index in [1.165, 1.54) is 11.1 Å². The first-order chi connectivity index (χ1) is 13.8. The third-order valence-corrected chi connectivity index (χ3v) is 5.47. The number of anilines is 2. The fourth-order valence-electron chi connectivity index (χ4n) is 3.77. The first kappa shape index (κ1) is 21.1. The molecule has 0 aromatic heterocycles. The molecule has 0 spiro atoms. The molecule has 2 aromatic rings. The number of para-hydroxylation sites is 2. The standard InChI is InChI=1S/C24H31N3O2/c1-15(2)18-10-12-19(13-11-18)23(16(3)4)25-17(5)24(29)27-14-22(28)26-20-8-6-7-9-21(20)27/h6-13,15-17,23,25H,14H2,1-5H3,(H,26,28)/t17-,23-/m0/s1. The van der Waals surface area contributed by atoms with E-state index in [4.69, 9.17) is 0 Å². The van der Waals surface area contributed by atoms with Gasteiger partial charge in [0.1, 0.15) is 6.54 Å². The number of benzene rings is 2. The predicted octanol–water partition coefficient (Wildman–Crippen LogP) is 4.47. The molecule has 0 saturated heterocycles. The van der Waals surface area contributed by atoms with Crippen molar-refractivity contribution in [3.8, 4) is 0 Å². The zero-order valence-electron chi connectivity index (χ0n) is 17.9. The summed E-state index contributed by atoms with van der Waals surface area (Å²) < 4.78 is 0. The minimum Gasteiger partial charge on any atom is -0.323 e. The van der Waals surface area contributed by atoms with E-state index in [0.29, 0.717) is 17.5 Å². The highest BCUT2D eigenvalue weighted by atomic mass is 16.2. The van der Waals surface area contributed by atoms with Crippen molar-refractivity contribution in [1.82, 2.24) is 5.32 Å². The maximum absolute atomic E-state index is 13.2. The number of amides is 2. The molecule has 5 heteroatoms. The Kier molecular flexibility index (Phi) is 6.38. The molecular formula is C24H31N3O2. The average molecular weight is 394 g/mol. The zero-order chi connectivity index (χ0) is 21.1. The summed E-state index contributed by atoms with van der Waals surface area (Å²) in [6.07, 6.45) is 0. The Morgan fingerprint density at radius 3 is 2.21 bits per heavy atom. The van der Waals surface area contributed by atoms with Crippen LogP contribution in [0.5, 0.6) is 0 Å². The van der Waals surface area contributed by atoms with E-state index in [2.05, 4.69) is 62.6 Å². The number of nitrogens with one attached hydrogen (secondary N) is 2. The van der Waals surface area contributed by atoms with E-state index >= 15 is 0 Å². The largest absolute Gasteiger partial charge is 0.323 e. The van der Waals surface area contributed by atoms with Crippen molar-refractivity contribution in [3.63, 3.8) is 0 Å². The second-order valence-electron chi connectivity index (χ2n) is 8.42. The van der Waals surface area contributed by atoms with Crippen LogP contribution in [0.3, 0.4) is 0 Å². The van der Waals surface area contributed by atoms with Crippen LogP contribution >= 0.6 is 0 Å². The SMILES string of the molecule is CC(C)c1ccc([C@@H](N[C@@H](C)C(=O)N2CC(=O)Nc3ccccc32)C(C)C)cc1. The quantitative estimate of drug-likeness (QED) is 0.761. The molecule has 1 aliphatic heterocycles. The van der Waals surface area contributed by atoms with Gasteiger partial charge >= 0.3 is 0 Å². The number of nitrogens with zero attached hydrogens (tertiary/aromatic N) is 1. The van der Waals surface area contributed by atoms with Gasteiger partial charge in [0, 0.05) is 6.04 Å². The number of carbonyl (C=O) groups is 2. The molecule has 5 nitrogen and oxygen atoms in total. The van der Waals surface area contributed by atoms with E-state index in [-0.39, 0.29) is 24.4 Å². The maximum Gasteiger partial charge on any atom is 0.244 e. The minimum absolute atomic E-state index is 0.0390. The lowest BCUT2D eigenvalue weighted by molar-refractivity contribution is -0.123. The molecule has 2 N–H and O–H groups in total. The molecule has 154 valence electrons. The first-order valence-corrected chi connectivity index (χ1v) is 10.3. The Labute approximate surface area is 173 Å². The molecule has 0 radical (unpaired) electrons. The van der Waals surface area contributed by atoms with Gasteiger partial charge < -0.3 is 5.32 Å². The number of fused-ring (bicyclic) bond motifs is 1. The summed E-state index contributed by atoms with van der Waals surface area (Å²) in [7, 11) is 0. The molecule has 29 heavy (non-hydrogen) atoms. The van der Waals surface area contributed by atoms with Gasteiger partial charge in [-0.3, -0.25) is 19.8 Å². The summed E-state index contributed by atoms with van der Waals surface area (Å²) in [4.78, 5) is 26.9. The third-order valence-electron chi connectivity index (χ3n) is 5.47. The number of hydrogen-bond donors (Lipinski definition) is 2. The molecule has 0 fully saturated rings. The van der Waals surface area contributed by atoms with Crippen molar-refractivity contribution in [2.45, 2.75) is 52.6 Å². The summed E-state index contributed by atoms with van der Waals surface area (Å²) >= 11 is 0. The van der Waals surface area contributed by atoms with Crippen molar-refractivity contribution in [2.24, 2.45) is 5.92 Å². The summed E-state index contributed by atoms with van der Waals surface area (Å²) in [6.45, 7) is 10.6. The van der Waals surface area contributed by atoms with E-state index in [1.807, 2.05) is 31.2 Å². The molecule has 3 rings (SSSR count). The van der Waals surface area contributed by atoms with Crippen LogP contribution in [0.25, 0.3) is 0 Å². The second kappa shape index (κ2) is 8.78. The van der Waals surface area contributed by atoms with E-state index in [9.17, 15) is 9.59 Å². The smallest absolute Gasteiger partial charge is 0.244 e. The Hall–Kier alpha value is -2.66. The topological polar surface area (TPSA) is 61.4 Å². The lowest BCUT2D eigenvalue weighted by Gasteiger charge is -2.33. The van der Waals surface area contributed by atoms with Gasteiger partial charge in [0.2, 0.25) is 11.8 Å². The highest BCUT2D eigenvalue weighted by Crippen LogP contribution is 2.30. The Morgan fingerprint density at radius 2 is 1.59 bits per heavy atom. The summed E-state index contributed by atoms with van der Waals surface area (Å²) in [5.41, 5.74) is 3.89. The number of rotatable bonds is 6. The highest BCUT2D eigenvalue weighted by Gasteiger charge is 2.31. The molecule has 2 aromatic carbocycles. The van der Waals surface area contributed by atoms with Gasteiger partial charge in [0.05, 0.1) is 17.4 Å². The van der Waals surface area contributed by atoms with Crippen LogP contribution in [-0.2, 0) is 9.59 Å². The van der Waals surface area contributed by atoms with Crippen LogP contribution < -0.4 is 15.5 Å². The van der Waals surface area contributed by atoms with Crippen LogP contribution in [0, 0.1) is 5.92 Å². The van der Waals surface area contributed by atoms with Crippen LogP contribution in [0.1, 0.15) is 57.7 Å². The lowest BCUT2D eigenvalue weighted by Crippen LogP contribution is -2.51. The molecule has 0 bridgehead atoms. The highest BCUT2D eigenvalue weighted by molar-refractivity contribution is 6.11. The third kappa shape index (κ3) is 4.67. The van der Waals surface area contributed by atoms with E-state index in [0.717, 1.165) is 5.69 Å². The van der Waals surface area contributed by atoms with Crippen molar-refractivity contribution < 1.29 is 9.59 Å². The van der Waals surface area contributed by atoms with Crippen molar-refractivity contribution in [3.05, 3.63) is 59.7 Å². The Morgan fingerprint density at radius 1 is 0.966 bits per heavy atom. The van der Waals surface area contributed by atoms with E-state index in [1.54, 1.807) is 4.90 Å². The average Bonchev–Trinajstić information content (AvgIpc) is 2.70. The van der Waals surface area contributed by atoms with Crippen LogP contribution in [0.15, 0.2) is 48.5 Å². The number of hydrogen-bond acceptors (Lipinski definition) is 3. The molecule has 2 amide bonds.